The van der Waals surface area contributed by atoms with Gasteiger partial charge < -0.3 is 10.0 Å². The zero-order valence-electron chi connectivity index (χ0n) is 16.4. The highest BCUT2D eigenvalue weighted by atomic mass is 32.1. The van der Waals surface area contributed by atoms with E-state index in [1.165, 1.54) is 0 Å². The number of thiophene rings is 1. The van der Waals surface area contributed by atoms with Crippen LogP contribution < -0.4 is 0 Å². The fraction of sp³-hybridized carbons (Fsp3) is 0.174. The Bertz CT molecular complexity index is 1080. The van der Waals surface area contributed by atoms with Crippen LogP contribution in [0.3, 0.4) is 0 Å². The molecule has 2 aromatic carbocycles. The van der Waals surface area contributed by atoms with E-state index in [0.29, 0.717) is 18.8 Å². The fourth-order valence-electron chi connectivity index (χ4n) is 3.20. The van der Waals surface area contributed by atoms with E-state index in [9.17, 15) is 9.90 Å². The minimum absolute atomic E-state index is 0.113. The molecule has 6 nitrogen and oxygen atoms in total. The van der Waals surface area contributed by atoms with Gasteiger partial charge in [0.1, 0.15) is 0 Å². The van der Waals surface area contributed by atoms with Gasteiger partial charge in [-0.25, -0.2) is 9.67 Å². The first-order valence-corrected chi connectivity index (χ1v) is 10.6. The second-order valence-electron chi connectivity index (χ2n) is 6.74. The number of carbonyl (C=O) groups excluding carboxylic acids is 1. The lowest BCUT2D eigenvalue weighted by molar-refractivity contribution is 0.0712. The molecule has 1 amide bonds. The van der Waals surface area contributed by atoms with Gasteiger partial charge >= 0.3 is 0 Å². The zero-order valence-corrected chi connectivity index (χ0v) is 17.2. The predicted octanol–water partition coefficient (Wildman–Crippen LogP) is 3.67. The van der Waals surface area contributed by atoms with Crippen LogP contribution in [0.25, 0.3) is 16.4 Å². The Labute approximate surface area is 179 Å². The van der Waals surface area contributed by atoms with E-state index in [4.69, 9.17) is 0 Å². The molecule has 0 aliphatic carbocycles. The van der Waals surface area contributed by atoms with Gasteiger partial charge in [0.2, 0.25) is 5.82 Å². The Hall–Kier alpha value is -3.29. The zero-order chi connectivity index (χ0) is 20.8. The number of amides is 1. The molecule has 0 spiro atoms. The summed E-state index contributed by atoms with van der Waals surface area (Å²) >= 11 is 1.55. The molecule has 7 heteroatoms. The van der Waals surface area contributed by atoms with Gasteiger partial charge in [0.15, 0.2) is 5.82 Å². The highest BCUT2D eigenvalue weighted by Crippen LogP contribution is 2.25. The van der Waals surface area contributed by atoms with Gasteiger partial charge in [-0.1, -0.05) is 54.6 Å². The number of para-hydroxylation sites is 1. The minimum atomic E-state index is -0.285. The molecular formula is C23H22N4O2S. The van der Waals surface area contributed by atoms with Gasteiger partial charge in [0.25, 0.3) is 5.91 Å². The Balaban J connectivity index is 1.63. The van der Waals surface area contributed by atoms with E-state index in [0.717, 1.165) is 16.1 Å². The lowest BCUT2D eigenvalue weighted by Gasteiger charge is -2.20. The number of benzene rings is 2. The largest absolute Gasteiger partial charge is 0.395 e. The molecule has 152 valence electrons. The highest BCUT2D eigenvalue weighted by Gasteiger charge is 2.23. The van der Waals surface area contributed by atoms with Crippen LogP contribution in [0, 0.1) is 0 Å². The van der Waals surface area contributed by atoms with Crippen LogP contribution in [0.5, 0.6) is 0 Å². The summed E-state index contributed by atoms with van der Waals surface area (Å²) in [4.78, 5) is 20.3. The number of aliphatic hydroxyl groups is 1. The van der Waals surface area contributed by atoms with E-state index in [1.807, 2.05) is 78.2 Å². The average molecular weight is 419 g/mol. The third kappa shape index (κ3) is 4.48. The number of rotatable bonds is 8. The molecule has 4 rings (SSSR count). The van der Waals surface area contributed by atoms with Crippen LogP contribution in [0.1, 0.15) is 16.2 Å². The molecule has 2 aromatic heterocycles. The molecule has 0 aliphatic rings. The van der Waals surface area contributed by atoms with Crippen LogP contribution in [0.2, 0.25) is 0 Å². The van der Waals surface area contributed by atoms with E-state index in [-0.39, 0.29) is 24.9 Å². The first-order valence-electron chi connectivity index (χ1n) is 9.76. The molecule has 4 aromatic rings. The normalized spacial score (nSPS) is 10.8. The first kappa shape index (κ1) is 20.0. The molecule has 0 saturated heterocycles. The van der Waals surface area contributed by atoms with Gasteiger partial charge in [0, 0.05) is 13.1 Å². The van der Waals surface area contributed by atoms with Gasteiger partial charge in [-0.2, -0.15) is 0 Å². The quantitative estimate of drug-likeness (QED) is 0.474. The molecule has 0 fully saturated rings. The van der Waals surface area contributed by atoms with Crippen molar-refractivity contribution in [2.24, 2.45) is 0 Å². The number of nitrogens with zero attached hydrogens (tertiary/aromatic N) is 4. The molecule has 0 bridgehead atoms. The smallest absolute Gasteiger partial charge is 0.293 e. The lowest BCUT2D eigenvalue weighted by Crippen LogP contribution is -2.36. The molecule has 0 saturated carbocycles. The minimum Gasteiger partial charge on any atom is -0.395 e. The van der Waals surface area contributed by atoms with E-state index >= 15 is 0 Å². The second kappa shape index (κ2) is 9.47. The molecule has 0 aliphatic heterocycles. The Kier molecular flexibility index (Phi) is 6.32. The van der Waals surface area contributed by atoms with Crippen LogP contribution in [0.15, 0.2) is 78.2 Å². The van der Waals surface area contributed by atoms with E-state index < -0.39 is 0 Å². The van der Waals surface area contributed by atoms with Crippen molar-refractivity contribution >= 4 is 17.2 Å². The Morgan fingerprint density at radius 1 is 0.967 bits per heavy atom. The lowest BCUT2D eigenvalue weighted by atomic mass is 10.1. The summed E-state index contributed by atoms with van der Waals surface area (Å²) in [6.45, 7) is 0.606. The number of carbonyl (C=O) groups is 1. The van der Waals surface area contributed by atoms with E-state index in [1.54, 1.807) is 20.9 Å². The predicted molar refractivity (Wildman–Crippen MR) is 118 cm³/mol. The number of hydrogen-bond donors (Lipinski definition) is 1. The number of hydrogen-bond acceptors (Lipinski definition) is 5. The van der Waals surface area contributed by atoms with Crippen molar-refractivity contribution in [2.45, 2.75) is 6.42 Å². The molecule has 2 heterocycles. The Morgan fingerprint density at radius 2 is 1.70 bits per heavy atom. The SMILES string of the molecule is O=C(c1nc(-c2cccs2)n(-c2ccccc2)n1)N(CCO)CCc1ccccc1. The van der Waals surface area contributed by atoms with Crippen molar-refractivity contribution in [3.8, 4) is 16.4 Å². The summed E-state index contributed by atoms with van der Waals surface area (Å²) < 4.78 is 1.70. The standard InChI is InChI=1S/C23H22N4O2S/c28-16-15-26(14-13-18-8-3-1-4-9-18)23(29)21-24-22(20-12-7-17-30-20)27(25-21)19-10-5-2-6-11-19/h1-12,17,28H,13-16H2. The molecule has 30 heavy (non-hydrogen) atoms. The number of aromatic nitrogens is 3. The van der Waals surface area contributed by atoms with Gasteiger partial charge in [0.05, 0.1) is 17.2 Å². The topological polar surface area (TPSA) is 71.2 Å². The summed E-state index contributed by atoms with van der Waals surface area (Å²) in [7, 11) is 0. The third-order valence-corrected chi connectivity index (χ3v) is 5.58. The number of aliphatic hydroxyl groups excluding tert-OH is 1. The first-order chi connectivity index (χ1) is 14.8. The van der Waals surface area contributed by atoms with Crippen molar-refractivity contribution in [3.05, 3.63) is 89.6 Å². The van der Waals surface area contributed by atoms with Crippen LogP contribution in [-0.2, 0) is 6.42 Å². The highest BCUT2D eigenvalue weighted by molar-refractivity contribution is 7.13. The van der Waals surface area contributed by atoms with E-state index in [2.05, 4.69) is 10.1 Å². The van der Waals surface area contributed by atoms with Crippen molar-refractivity contribution in [1.29, 1.82) is 0 Å². The third-order valence-electron chi connectivity index (χ3n) is 4.71. The van der Waals surface area contributed by atoms with Gasteiger partial charge in [-0.3, -0.25) is 4.79 Å². The van der Waals surface area contributed by atoms with Crippen LogP contribution >= 0.6 is 11.3 Å². The monoisotopic (exact) mass is 418 g/mol. The maximum atomic E-state index is 13.2. The van der Waals surface area contributed by atoms with Crippen molar-refractivity contribution in [1.82, 2.24) is 19.7 Å². The molecular weight excluding hydrogens is 396 g/mol. The van der Waals surface area contributed by atoms with Gasteiger partial charge in [-0.15, -0.1) is 16.4 Å². The summed E-state index contributed by atoms with van der Waals surface area (Å²) in [5.74, 6) is 0.475. The molecule has 0 atom stereocenters. The van der Waals surface area contributed by atoms with Crippen LogP contribution in [-0.4, -0.2) is 50.4 Å². The summed E-state index contributed by atoms with van der Waals surface area (Å²) in [6, 6.07) is 23.5. The maximum absolute atomic E-state index is 13.2. The van der Waals surface area contributed by atoms with Crippen molar-refractivity contribution in [2.75, 3.05) is 19.7 Å². The van der Waals surface area contributed by atoms with Crippen molar-refractivity contribution in [3.63, 3.8) is 0 Å². The molecule has 0 radical (unpaired) electrons. The molecule has 0 unspecified atom stereocenters. The summed E-state index contributed by atoms with van der Waals surface area (Å²) in [5, 5.41) is 16.0. The van der Waals surface area contributed by atoms with Gasteiger partial charge in [-0.05, 0) is 35.6 Å². The second-order valence-corrected chi connectivity index (χ2v) is 7.68. The maximum Gasteiger partial charge on any atom is 0.293 e. The van der Waals surface area contributed by atoms with Crippen LogP contribution in [0.4, 0.5) is 0 Å². The average Bonchev–Trinajstić information content (AvgIpc) is 3.47. The molecule has 1 N–H and O–H groups in total. The Morgan fingerprint density at radius 3 is 2.37 bits per heavy atom. The fourth-order valence-corrected chi connectivity index (χ4v) is 3.90. The summed E-state index contributed by atoms with van der Waals surface area (Å²) in [6.07, 6.45) is 0.698. The summed E-state index contributed by atoms with van der Waals surface area (Å²) in [5.41, 5.74) is 1.97. The van der Waals surface area contributed by atoms with Crippen molar-refractivity contribution < 1.29 is 9.90 Å².